The van der Waals surface area contributed by atoms with Gasteiger partial charge >= 0.3 is 0 Å². The maximum Gasteiger partial charge on any atom is 0.0611 e. The Morgan fingerprint density at radius 2 is 2.27 bits per heavy atom. The Morgan fingerprint density at radius 3 is 2.73 bits per heavy atom. The van der Waals surface area contributed by atoms with Crippen molar-refractivity contribution in [3.63, 3.8) is 0 Å². The van der Waals surface area contributed by atoms with Gasteiger partial charge in [-0.2, -0.15) is 0 Å². The Morgan fingerprint density at radius 1 is 1.47 bits per heavy atom. The molecule has 0 amide bonds. The summed E-state index contributed by atoms with van der Waals surface area (Å²) in [4.78, 5) is 0. The number of hydrogen-bond acceptors (Lipinski definition) is 2. The molecule has 0 aromatic rings. The van der Waals surface area contributed by atoms with Crippen LogP contribution < -0.4 is 5.73 Å². The van der Waals surface area contributed by atoms with Gasteiger partial charge in [0.05, 0.1) is 6.10 Å². The molecule has 88 valence electrons. The number of rotatable bonds is 5. The van der Waals surface area contributed by atoms with Gasteiger partial charge < -0.3 is 10.8 Å². The number of nitrogens with two attached hydrogens (primary N) is 1. The van der Waals surface area contributed by atoms with Gasteiger partial charge in [-0.25, -0.2) is 0 Å². The molecule has 4 atom stereocenters. The van der Waals surface area contributed by atoms with Crippen molar-refractivity contribution in [2.24, 2.45) is 23.0 Å². The maximum absolute atomic E-state index is 10.4. The summed E-state index contributed by atoms with van der Waals surface area (Å²) in [5.41, 5.74) is 6.06. The zero-order chi connectivity index (χ0) is 10.9. The number of hydrogen-bond donors (Lipinski definition) is 2. The molecule has 2 rings (SSSR count). The van der Waals surface area contributed by atoms with Gasteiger partial charge in [-0.05, 0) is 37.5 Å². The fourth-order valence-electron chi connectivity index (χ4n) is 3.97. The van der Waals surface area contributed by atoms with Crippen LogP contribution in [0.25, 0.3) is 0 Å². The number of aliphatic hydroxyl groups excluding tert-OH is 1. The molecule has 15 heavy (non-hydrogen) atoms. The van der Waals surface area contributed by atoms with Crippen LogP contribution in [-0.4, -0.2) is 17.8 Å². The van der Waals surface area contributed by atoms with Crippen LogP contribution >= 0.6 is 0 Å². The van der Waals surface area contributed by atoms with Gasteiger partial charge in [0, 0.05) is 12.0 Å². The predicted octanol–water partition coefficient (Wildman–Crippen LogP) is 2.30. The zero-order valence-corrected chi connectivity index (χ0v) is 9.91. The second kappa shape index (κ2) is 4.42. The standard InChI is InChI=1S/C13H25NO/c1-2-3-4-12(15)13(9-14)8-10-5-6-11(13)7-10/h10-12,15H,2-9,14H2,1H3. The molecule has 0 saturated heterocycles. The van der Waals surface area contributed by atoms with Crippen molar-refractivity contribution in [3.8, 4) is 0 Å². The third-order valence-electron chi connectivity index (χ3n) is 4.90. The van der Waals surface area contributed by atoms with E-state index in [1.807, 2.05) is 0 Å². The van der Waals surface area contributed by atoms with Crippen LogP contribution in [0, 0.1) is 17.3 Å². The fourth-order valence-corrected chi connectivity index (χ4v) is 3.97. The minimum atomic E-state index is -0.141. The Bertz CT molecular complexity index is 219. The summed E-state index contributed by atoms with van der Waals surface area (Å²) in [6.07, 6.45) is 8.35. The van der Waals surface area contributed by atoms with Crippen LogP contribution in [0.4, 0.5) is 0 Å². The van der Waals surface area contributed by atoms with Crippen molar-refractivity contribution >= 4 is 0 Å². The summed E-state index contributed by atoms with van der Waals surface area (Å²) >= 11 is 0. The van der Waals surface area contributed by atoms with Gasteiger partial charge in [0.25, 0.3) is 0 Å². The first-order chi connectivity index (χ1) is 7.23. The Labute approximate surface area is 93.2 Å². The number of aliphatic hydroxyl groups is 1. The van der Waals surface area contributed by atoms with Crippen LogP contribution in [0.2, 0.25) is 0 Å². The largest absolute Gasteiger partial charge is 0.392 e. The third-order valence-corrected chi connectivity index (χ3v) is 4.90. The number of fused-ring (bicyclic) bond motifs is 2. The first-order valence-corrected chi connectivity index (χ1v) is 6.61. The quantitative estimate of drug-likeness (QED) is 0.733. The highest BCUT2D eigenvalue weighted by Crippen LogP contribution is 2.57. The van der Waals surface area contributed by atoms with E-state index in [1.165, 1.54) is 32.1 Å². The molecular weight excluding hydrogens is 186 g/mol. The lowest BCUT2D eigenvalue weighted by Gasteiger charge is -2.41. The van der Waals surface area contributed by atoms with Gasteiger partial charge in [-0.15, -0.1) is 0 Å². The Kier molecular flexibility index (Phi) is 3.36. The lowest BCUT2D eigenvalue weighted by atomic mass is 9.68. The van der Waals surface area contributed by atoms with Crippen molar-refractivity contribution in [1.29, 1.82) is 0 Å². The molecule has 2 fully saturated rings. The van der Waals surface area contributed by atoms with Crippen molar-refractivity contribution in [2.75, 3.05) is 6.54 Å². The van der Waals surface area contributed by atoms with E-state index in [0.29, 0.717) is 6.54 Å². The van der Waals surface area contributed by atoms with E-state index in [4.69, 9.17) is 5.73 Å². The molecule has 0 aliphatic heterocycles. The molecule has 3 N–H and O–H groups in total. The number of unbranched alkanes of at least 4 members (excludes halogenated alkanes) is 1. The molecule has 0 radical (unpaired) electrons. The van der Waals surface area contributed by atoms with E-state index < -0.39 is 0 Å². The molecule has 0 spiro atoms. The average Bonchev–Trinajstić information content (AvgIpc) is 2.85. The normalized spacial score (nSPS) is 41.0. The van der Waals surface area contributed by atoms with Crippen molar-refractivity contribution in [2.45, 2.75) is 58.0 Å². The summed E-state index contributed by atoms with van der Waals surface area (Å²) in [5, 5.41) is 10.4. The van der Waals surface area contributed by atoms with Crippen LogP contribution in [0.15, 0.2) is 0 Å². The highest BCUT2D eigenvalue weighted by atomic mass is 16.3. The van der Waals surface area contributed by atoms with E-state index >= 15 is 0 Å². The van der Waals surface area contributed by atoms with Crippen LogP contribution in [0.3, 0.4) is 0 Å². The fraction of sp³-hybridized carbons (Fsp3) is 1.00. The summed E-state index contributed by atoms with van der Waals surface area (Å²) in [6, 6.07) is 0. The van der Waals surface area contributed by atoms with Crippen LogP contribution in [0.5, 0.6) is 0 Å². The predicted molar refractivity (Wildman–Crippen MR) is 62.5 cm³/mol. The molecular formula is C13H25NO. The Hall–Kier alpha value is -0.0800. The molecule has 0 aromatic carbocycles. The average molecular weight is 211 g/mol. The Balaban J connectivity index is 2.02. The molecule has 2 bridgehead atoms. The highest BCUT2D eigenvalue weighted by Gasteiger charge is 2.53. The summed E-state index contributed by atoms with van der Waals surface area (Å²) < 4.78 is 0. The molecule has 0 heterocycles. The van der Waals surface area contributed by atoms with Crippen LogP contribution in [-0.2, 0) is 0 Å². The van der Waals surface area contributed by atoms with Crippen molar-refractivity contribution in [1.82, 2.24) is 0 Å². The lowest BCUT2D eigenvalue weighted by molar-refractivity contribution is -0.0171. The monoisotopic (exact) mass is 211 g/mol. The molecule has 2 heteroatoms. The van der Waals surface area contributed by atoms with Gasteiger partial charge in [0.15, 0.2) is 0 Å². The molecule has 4 unspecified atom stereocenters. The third kappa shape index (κ3) is 1.83. The van der Waals surface area contributed by atoms with Gasteiger partial charge in [0.2, 0.25) is 0 Å². The molecule has 2 nitrogen and oxygen atoms in total. The highest BCUT2D eigenvalue weighted by molar-refractivity contribution is 5.04. The van der Waals surface area contributed by atoms with E-state index in [2.05, 4.69) is 6.92 Å². The van der Waals surface area contributed by atoms with E-state index in [0.717, 1.165) is 24.7 Å². The smallest absolute Gasteiger partial charge is 0.0611 e. The summed E-state index contributed by atoms with van der Waals surface area (Å²) in [5.74, 6) is 1.59. The first kappa shape index (κ1) is 11.4. The van der Waals surface area contributed by atoms with E-state index in [1.54, 1.807) is 0 Å². The minimum absolute atomic E-state index is 0.0953. The maximum atomic E-state index is 10.4. The molecule has 2 aliphatic rings. The SMILES string of the molecule is CCCCC(O)C1(CN)CC2CCC1C2. The van der Waals surface area contributed by atoms with E-state index in [9.17, 15) is 5.11 Å². The van der Waals surface area contributed by atoms with Crippen molar-refractivity contribution < 1.29 is 5.11 Å². The molecule has 2 saturated carbocycles. The molecule has 0 aromatic heterocycles. The second-order valence-electron chi connectivity index (χ2n) is 5.68. The first-order valence-electron chi connectivity index (χ1n) is 6.61. The summed E-state index contributed by atoms with van der Waals surface area (Å²) in [7, 11) is 0. The summed E-state index contributed by atoms with van der Waals surface area (Å²) in [6.45, 7) is 2.88. The second-order valence-corrected chi connectivity index (χ2v) is 5.68. The topological polar surface area (TPSA) is 46.2 Å². The van der Waals surface area contributed by atoms with Gasteiger partial charge in [0.1, 0.15) is 0 Å². The molecule has 2 aliphatic carbocycles. The van der Waals surface area contributed by atoms with Gasteiger partial charge in [-0.3, -0.25) is 0 Å². The minimum Gasteiger partial charge on any atom is -0.392 e. The van der Waals surface area contributed by atoms with E-state index in [-0.39, 0.29) is 11.5 Å². The lowest BCUT2D eigenvalue weighted by Crippen LogP contribution is -2.45. The van der Waals surface area contributed by atoms with Gasteiger partial charge in [-0.1, -0.05) is 26.2 Å². The zero-order valence-electron chi connectivity index (χ0n) is 9.91. The van der Waals surface area contributed by atoms with Crippen LogP contribution in [0.1, 0.15) is 51.9 Å². The van der Waals surface area contributed by atoms with Crippen molar-refractivity contribution in [3.05, 3.63) is 0 Å².